The van der Waals surface area contributed by atoms with Crippen LogP contribution in [0.1, 0.15) is 37.8 Å². The molecule has 0 aliphatic carbocycles. The Morgan fingerprint density at radius 2 is 2.06 bits per heavy atom. The Kier molecular flexibility index (Phi) is 3.47. The summed E-state index contributed by atoms with van der Waals surface area (Å²) in [5, 5.41) is 0. The van der Waals surface area contributed by atoms with Crippen LogP contribution < -0.4 is 5.73 Å². The van der Waals surface area contributed by atoms with Gasteiger partial charge < -0.3 is 5.73 Å². The molecule has 0 fully saturated rings. The molecule has 0 saturated carbocycles. The third kappa shape index (κ3) is 2.19. The van der Waals surface area contributed by atoms with E-state index in [0.717, 1.165) is 29.4 Å². The monoisotopic (exact) mass is 215 g/mol. The predicted molar refractivity (Wildman–Crippen MR) is 66.0 cm³/mol. The minimum absolute atomic E-state index is 0.0698. The first-order valence-electron chi connectivity index (χ1n) is 5.78. The van der Waals surface area contributed by atoms with Crippen molar-refractivity contribution in [2.24, 2.45) is 5.73 Å². The fraction of sp³-hybridized carbons (Fsp3) is 0.385. The second-order valence-electron chi connectivity index (χ2n) is 4.02. The predicted octanol–water partition coefficient (Wildman–Crippen LogP) is 2.82. The van der Waals surface area contributed by atoms with E-state index in [1.807, 2.05) is 12.1 Å². The molecule has 0 spiro atoms. The zero-order valence-corrected chi connectivity index (χ0v) is 9.56. The zero-order valence-electron chi connectivity index (χ0n) is 9.56. The minimum atomic E-state index is 0.0698. The van der Waals surface area contributed by atoms with Crippen LogP contribution in [0.5, 0.6) is 0 Å². The molecule has 3 heteroatoms. The standard InChI is InChI=1S/C13H17N3/c1-2-3-6-11(14)10-5-4-7-12-13(10)16-9-8-15-12/h4-5,7-9,11H,2-3,6,14H2,1H3. The van der Waals surface area contributed by atoms with Crippen molar-refractivity contribution in [3.05, 3.63) is 36.2 Å². The van der Waals surface area contributed by atoms with Crippen molar-refractivity contribution in [2.75, 3.05) is 0 Å². The Morgan fingerprint density at radius 3 is 2.88 bits per heavy atom. The molecule has 1 aromatic carbocycles. The number of fused-ring (bicyclic) bond motifs is 1. The fourth-order valence-electron chi connectivity index (χ4n) is 1.89. The summed E-state index contributed by atoms with van der Waals surface area (Å²) < 4.78 is 0. The lowest BCUT2D eigenvalue weighted by Crippen LogP contribution is -2.11. The molecule has 0 saturated heterocycles. The van der Waals surface area contributed by atoms with Gasteiger partial charge in [-0.25, -0.2) is 0 Å². The number of aromatic nitrogens is 2. The third-order valence-electron chi connectivity index (χ3n) is 2.80. The van der Waals surface area contributed by atoms with E-state index in [4.69, 9.17) is 5.73 Å². The van der Waals surface area contributed by atoms with E-state index in [1.54, 1.807) is 12.4 Å². The van der Waals surface area contributed by atoms with Gasteiger partial charge in [-0.05, 0) is 18.1 Å². The Balaban J connectivity index is 2.36. The van der Waals surface area contributed by atoms with Gasteiger partial charge in [0, 0.05) is 18.4 Å². The summed E-state index contributed by atoms with van der Waals surface area (Å²) in [7, 11) is 0. The molecule has 3 nitrogen and oxygen atoms in total. The van der Waals surface area contributed by atoms with Crippen molar-refractivity contribution in [2.45, 2.75) is 32.2 Å². The van der Waals surface area contributed by atoms with Gasteiger partial charge in [0.1, 0.15) is 0 Å². The normalized spacial score (nSPS) is 12.9. The van der Waals surface area contributed by atoms with E-state index in [0.29, 0.717) is 0 Å². The van der Waals surface area contributed by atoms with Gasteiger partial charge in [0.05, 0.1) is 11.0 Å². The van der Waals surface area contributed by atoms with Crippen LogP contribution in [0.4, 0.5) is 0 Å². The van der Waals surface area contributed by atoms with Gasteiger partial charge in [-0.1, -0.05) is 31.9 Å². The van der Waals surface area contributed by atoms with Gasteiger partial charge in [0.25, 0.3) is 0 Å². The minimum Gasteiger partial charge on any atom is -0.324 e. The van der Waals surface area contributed by atoms with Crippen molar-refractivity contribution in [1.82, 2.24) is 9.97 Å². The molecule has 84 valence electrons. The lowest BCUT2D eigenvalue weighted by molar-refractivity contribution is 0.606. The summed E-state index contributed by atoms with van der Waals surface area (Å²) >= 11 is 0. The number of benzene rings is 1. The van der Waals surface area contributed by atoms with Crippen LogP contribution in [0, 0.1) is 0 Å². The Labute approximate surface area is 95.7 Å². The number of rotatable bonds is 4. The van der Waals surface area contributed by atoms with Gasteiger partial charge in [-0.15, -0.1) is 0 Å². The Morgan fingerprint density at radius 1 is 1.25 bits per heavy atom. The topological polar surface area (TPSA) is 51.8 Å². The second-order valence-corrected chi connectivity index (χ2v) is 4.02. The maximum absolute atomic E-state index is 6.18. The quantitative estimate of drug-likeness (QED) is 0.853. The van der Waals surface area contributed by atoms with Crippen molar-refractivity contribution in [1.29, 1.82) is 0 Å². The van der Waals surface area contributed by atoms with E-state index >= 15 is 0 Å². The first-order valence-corrected chi connectivity index (χ1v) is 5.78. The Hall–Kier alpha value is -1.48. The summed E-state index contributed by atoms with van der Waals surface area (Å²) in [6.45, 7) is 2.18. The molecule has 1 atom stereocenters. The van der Waals surface area contributed by atoms with Gasteiger partial charge >= 0.3 is 0 Å². The van der Waals surface area contributed by atoms with Gasteiger partial charge in [-0.3, -0.25) is 9.97 Å². The average Bonchev–Trinajstić information content (AvgIpc) is 2.35. The Bertz CT molecular complexity index is 462. The molecule has 0 aliphatic rings. The van der Waals surface area contributed by atoms with Crippen LogP contribution in [-0.2, 0) is 0 Å². The lowest BCUT2D eigenvalue weighted by atomic mass is 10.0. The van der Waals surface area contributed by atoms with Crippen LogP contribution in [0.15, 0.2) is 30.6 Å². The first kappa shape index (κ1) is 11.0. The highest BCUT2D eigenvalue weighted by Gasteiger charge is 2.10. The third-order valence-corrected chi connectivity index (χ3v) is 2.80. The summed E-state index contributed by atoms with van der Waals surface area (Å²) in [6.07, 6.45) is 6.76. The van der Waals surface area contributed by atoms with Crippen LogP contribution in [0.2, 0.25) is 0 Å². The van der Waals surface area contributed by atoms with E-state index in [1.165, 1.54) is 6.42 Å². The number of hydrogen-bond acceptors (Lipinski definition) is 3. The molecule has 0 radical (unpaired) electrons. The average molecular weight is 215 g/mol. The van der Waals surface area contributed by atoms with Gasteiger partial charge in [0.2, 0.25) is 0 Å². The van der Waals surface area contributed by atoms with Gasteiger partial charge in [-0.2, -0.15) is 0 Å². The van der Waals surface area contributed by atoms with Crippen molar-refractivity contribution < 1.29 is 0 Å². The largest absolute Gasteiger partial charge is 0.324 e. The number of para-hydroxylation sites is 1. The summed E-state index contributed by atoms with van der Waals surface area (Å²) in [4.78, 5) is 8.65. The second kappa shape index (κ2) is 5.03. The molecule has 0 amide bonds. The molecule has 2 rings (SSSR count). The summed E-state index contributed by atoms with van der Waals surface area (Å²) in [6, 6.07) is 6.09. The van der Waals surface area contributed by atoms with Crippen LogP contribution in [-0.4, -0.2) is 9.97 Å². The molecule has 16 heavy (non-hydrogen) atoms. The highest BCUT2D eigenvalue weighted by Crippen LogP contribution is 2.22. The molecule has 2 N–H and O–H groups in total. The SMILES string of the molecule is CCCCC(N)c1cccc2nccnc12. The highest BCUT2D eigenvalue weighted by molar-refractivity contribution is 5.77. The molecule has 0 aliphatic heterocycles. The van der Waals surface area contributed by atoms with E-state index in [-0.39, 0.29) is 6.04 Å². The lowest BCUT2D eigenvalue weighted by Gasteiger charge is -2.12. The zero-order chi connectivity index (χ0) is 11.4. The van der Waals surface area contributed by atoms with Gasteiger partial charge in [0.15, 0.2) is 0 Å². The van der Waals surface area contributed by atoms with Crippen LogP contribution in [0.25, 0.3) is 11.0 Å². The first-order chi connectivity index (χ1) is 7.83. The van der Waals surface area contributed by atoms with Crippen molar-refractivity contribution in [3.63, 3.8) is 0 Å². The van der Waals surface area contributed by atoms with Crippen LogP contribution >= 0.6 is 0 Å². The van der Waals surface area contributed by atoms with Crippen molar-refractivity contribution in [3.8, 4) is 0 Å². The number of hydrogen-bond donors (Lipinski definition) is 1. The number of unbranched alkanes of at least 4 members (excludes halogenated alkanes) is 1. The van der Waals surface area contributed by atoms with Crippen molar-refractivity contribution >= 4 is 11.0 Å². The van der Waals surface area contributed by atoms with E-state index in [9.17, 15) is 0 Å². The smallest absolute Gasteiger partial charge is 0.0934 e. The molecular formula is C13H17N3. The molecule has 2 aromatic rings. The molecule has 0 bridgehead atoms. The molecule has 1 unspecified atom stereocenters. The van der Waals surface area contributed by atoms with E-state index < -0.39 is 0 Å². The molecular weight excluding hydrogens is 198 g/mol. The summed E-state index contributed by atoms with van der Waals surface area (Å²) in [5.74, 6) is 0. The number of nitrogens with two attached hydrogens (primary N) is 1. The fourth-order valence-corrected chi connectivity index (χ4v) is 1.89. The highest BCUT2D eigenvalue weighted by atomic mass is 14.8. The maximum Gasteiger partial charge on any atom is 0.0934 e. The summed E-state index contributed by atoms with van der Waals surface area (Å²) in [5.41, 5.74) is 9.15. The molecule has 1 heterocycles. The maximum atomic E-state index is 6.18. The van der Waals surface area contributed by atoms with E-state index in [2.05, 4.69) is 23.0 Å². The van der Waals surface area contributed by atoms with Crippen LogP contribution in [0.3, 0.4) is 0 Å². The number of nitrogens with zero attached hydrogens (tertiary/aromatic N) is 2. The molecule has 1 aromatic heterocycles.